The van der Waals surface area contributed by atoms with Crippen molar-refractivity contribution in [3.05, 3.63) is 47.5 Å². The van der Waals surface area contributed by atoms with Crippen LogP contribution in [0.4, 0.5) is 5.69 Å². The zero-order valence-electron chi connectivity index (χ0n) is 15.7. The van der Waals surface area contributed by atoms with Gasteiger partial charge in [0.05, 0.1) is 35.8 Å². The van der Waals surface area contributed by atoms with Gasteiger partial charge >= 0.3 is 0 Å². The molecule has 0 amide bonds. The predicted octanol–water partition coefficient (Wildman–Crippen LogP) is 3.89. The Morgan fingerprint density at radius 1 is 1.22 bits per heavy atom. The molecule has 0 saturated heterocycles. The van der Waals surface area contributed by atoms with E-state index in [-0.39, 0.29) is 0 Å². The van der Waals surface area contributed by atoms with Crippen LogP contribution in [0.15, 0.2) is 36.4 Å². The lowest BCUT2D eigenvalue weighted by molar-refractivity contribution is 0.415. The highest BCUT2D eigenvalue weighted by atomic mass is 32.2. The van der Waals surface area contributed by atoms with Crippen LogP contribution < -0.4 is 9.46 Å². The normalized spacial score (nSPS) is 11.4. The topological polar surface area (TPSA) is 84.1 Å². The molecule has 0 atom stereocenters. The van der Waals surface area contributed by atoms with E-state index in [4.69, 9.17) is 4.74 Å². The van der Waals surface area contributed by atoms with Gasteiger partial charge in [-0.3, -0.25) is 4.72 Å². The molecule has 0 unspecified atom stereocenters. The van der Waals surface area contributed by atoms with Crippen molar-refractivity contribution in [1.82, 2.24) is 4.57 Å². The van der Waals surface area contributed by atoms with Crippen LogP contribution in [0.1, 0.15) is 18.1 Å². The van der Waals surface area contributed by atoms with E-state index in [1.165, 1.54) is 0 Å². The standard InChI is InChI=1S/C20H21N3O3S/c1-5-23-19-11-15(26-3)7-8-16(19)17(12-21)20(23)14-6-9-18(13(2)10-14)22-27(4,24)25/h6-11,22H,5H2,1-4H3. The summed E-state index contributed by atoms with van der Waals surface area (Å²) in [4.78, 5) is 0. The maximum absolute atomic E-state index is 11.5. The third-order valence-electron chi connectivity index (χ3n) is 4.49. The van der Waals surface area contributed by atoms with Crippen molar-refractivity contribution in [1.29, 1.82) is 5.26 Å². The number of rotatable bonds is 5. The van der Waals surface area contributed by atoms with Gasteiger partial charge in [0.1, 0.15) is 11.8 Å². The summed E-state index contributed by atoms with van der Waals surface area (Å²) in [7, 11) is -1.74. The average molecular weight is 383 g/mol. The van der Waals surface area contributed by atoms with Crippen molar-refractivity contribution in [2.24, 2.45) is 0 Å². The Morgan fingerprint density at radius 2 is 1.96 bits per heavy atom. The second-order valence-corrected chi connectivity index (χ2v) is 8.12. The first-order valence-electron chi connectivity index (χ1n) is 8.48. The van der Waals surface area contributed by atoms with Crippen LogP contribution in [-0.2, 0) is 16.6 Å². The summed E-state index contributed by atoms with van der Waals surface area (Å²) in [6.45, 7) is 4.55. The smallest absolute Gasteiger partial charge is 0.229 e. The van der Waals surface area contributed by atoms with Crippen molar-refractivity contribution in [2.75, 3.05) is 18.1 Å². The van der Waals surface area contributed by atoms with Crippen molar-refractivity contribution < 1.29 is 13.2 Å². The third kappa shape index (κ3) is 3.49. The number of aryl methyl sites for hydroxylation is 2. The van der Waals surface area contributed by atoms with Gasteiger partial charge < -0.3 is 9.30 Å². The molecule has 3 aromatic rings. The number of nitrogens with zero attached hydrogens (tertiary/aromatic N) is 2. The number of hydrogen-bond donors (Lipinski definition) is 1. The van der Waals surface area contributed by atoms with Gasteiger partial charge in [-0.05, 0) is 49.2 Å². The lowest BCUT2D eigenvalue weighted by atomic mass is 10.0. The molecule has 2 aromatic carbocycles. The van der Waals surface area contributed by atoms with E-state index in [1.54, 1.807) is 13.2 Å². The Balaban J connectivity index is 2.25. The molecule has 0 fully saturated rings. The van der Waals surface area contributed by atoms with E-state index < -0.39 is 10.0 Å². The molecule has 1 aromatic heterocycles. The maximum atomic E-state index is 11.5. The lowest BCUT2D eigenvalue weighted by Crippen LogP contribution is -2.10. The van der Waals surface area contributed by atoms with Crippen LogP contribution >= 0.6 is 0 Å². The summed E-state index contributed by atoms with van der Waals surface area (Å²) >= 11 is 0. The van der Waals surface area contributed by atoms with Crippen molar-refractivity contribution in [3.8, 4) is 23.1 Å². The van der Waals surface area contributed by atoms with Crippen molar-refractivity contribution >= 4 is 26.6 Å². The fourth-order valence-electron chi connectivity index (χ4n) is 3.32. The summed E-state index contributed by atoms with van der Waals surface area (Å²) < 4.78 is 33.0. The van der Waals surface area contributed by atoms with Crippen LogP contribution in [0, 0.1) is 18.3 Å². The molecule has 1 heterocycles. The van der Waals surface area contributed by atoms with Gasteiger partial charge in [0.15, 0.2) is 0 Å². The molecule has 6 nitrogen and oxygen atoms in total. The summed E-state index contributed by atoms with van der Waals surface area (Å²) in [6.07, 6.45) is 1.12. The molecule has 0 aliphatic heterocycles. The van der Waals surface area contributed by atoms with E-state index in [0.29, 0.717) is 17.8 Å². The number of fused-ring (bicyclic) bond motifs is 1. The Kier molecular flexibility index (Phi) is 4.85. The quantitative estimate of drug-likeness (QED) is 0.724. The summed E-state index contributed by atoms with van der Waals surface area (Å²) in [5, 5.41) is 10.7. The van der Waals surface area contributed by atoms with Gasteiger partial charge in [-0.2, -0.15) is 5.26 Å². The molecule has 0 saturated carbocycles. The first-order chi connectivity index (χ1) is 12.8. The highest BCUT2D eigenvalue weighted by Crippen LogP contribution is 2.36. The molecule has 7 heteroatoms. The van der Waals surface area contributed by atoms with Crippen LogP contribution in [0.2, 0.25) is 0 Å². The van der Waals surface area contributed by atoms with Gasteiger partial charge in [-0.25, -0.2) is 8.42 Å². The van der Waals surface area contributed by atoms with E-state index in [1.807, 2.05) is 44.2 Å². The van der Waals surface area contributed by atoms with Crippen molar-refractivity contribution in [2.45, 2.75) is 20.4 Å². The van der Waals surface area contributed by atoms with Gasteiger partial charge in [-0.1, -0.05) is 6.07 Å². The number of sulfonamides is 1. The third-order valence-corrected chi connectivity index (χ3v) is 5.09. The molecule has 0 radical (unpaired) electrons. The number of anilines is 1. The number of benzene rings is 2. The minimum Gasteiger partial charge on any atom is -0.497 e. The molecule has 27 heavy (non-hydrogen) atoms. The van der Waals surface area contributed by atoms with Crippen LogP contribution in [0.25, 0.3) is 22.2 Å². The second-order valence-electron chi connectivity index (χ2n) is 6.37. The molecule has 0 spiro atoms. The molecule has 0 aliphatic rings. The molecule has 140 valence electrons. The summed E-state index contributed by atoms with van der Waals surface area (Å²) in [5.41, 5.74) is 4.52. The minimum absolute atomic E-state index is 0.528. The number of ether oxygens (including phenoxy) is 1. The Hall–Kier alpha value is -2.98. The SMILES string of the molecule is CCn1c(-c2ccc(NS(C)(=O)=O)c(C)c2)c(C#N)c2ccc(OC)cc21. The van der Waals surface area contributed by atoms with Gasteiger partial charge in [-0.15, -0.1) is 0 Å². The van der Waals surface area contributed by atoms with Gasteiger partial charge in [0, 0.05) is 18.0 Å². The molecule has 1 N–H and O–H groups in total. The van der Waals surface area contributed by atoms with E-state index in [2.05, 4.69) is 15.4 Å². The minimum atomic E-state index is -3.35. The number of nitrogens with one attached hydrogen (secondary N) is 1. The first-order valence-corrected chi connectivity index (χ1v) is 10.4. The molecular formula is C20H21N3O3S. The summed E-state index contributed by atoms with van der Waals surface area (Å²) in [5.74, 6) is 0.731. The number of methoxy groups -OCH3 is 1. The van der Waals surface area contributed by atoms with E-state index >= 15 is 0 Å². The largest absolute Gasteiger partial charge is 0.497 e. The Bertz CT molecular complexity index is 1170. The van der Waals surface area contributed by atoms with Crippen LogP contribution in [0.3, 0.4) is 0 Å². The molecule has 0 bridgehead atoms. The van der Waals surface area contributed by atoms with Crippen molar-refractivity contribution in [3.63, 3.8) is 0 Å². The summed E-state index contributed by atoms with van der Waals surface area (Å²) in [6, 6.07) is 13.5. The zero-order chi connectivity index (χ0) is 19.8. The maximum Gasteiger partial charge on any atom is 0.229 e. The van der Waals surface area contributed by atoms with Crippen LogP contribution in [0.5, 0.6) is 5.75 Å². The van der Waals surface area contributed by atoms with Crippen LogP contribution in [-0.4, -0.2) is 26.4 Å². The van der Waals surface area contributed by atoms with E-state index in [9.17, 15) is 13.7 Å². The number of aromatic nitrogens is 1. The number of nitriles is 1. The fourth-order valence-corrected chi connectivity index (χ4v) is 3.95. The second kappa shape index (κ2) is 6.97. The predicted molar refractivity (Wildman–Crippen MR) is 108 cm³/mol. The monoisotopic (exact) mass is 383 g/mol. The fraction of sp³-hybridized carbons (Fsp3) is 0.250. The van der Waals surface area contributed by atoms with Gasteiger partial charge in [0.2, 0.25) is 10.0 Å². The Labute approximate surface area is 159 Å². The molecule has 0 aliphatic carbocycles. The highest BCUT2D eigenvalue weighted by Gasteiger charge is 2.19. The first kappa shape index (κ1) is 18.8. The average Bonchev–Trinajstić information content (AvgIpc) is 2.94. The Morgan fingerprint density at radius 3 is 2.52 bits per heavy atom. The van der Waals surface area contributed by atoms with Gasteiger partial charge in [0.25, 0.3) is 0 Å². The highest BCUT2D eigenvalue weighted by molar-refractivity contribution is 7.92. The molecule has 3 rings (SSSR count). The zero-order valence-corrected chi connectivity index (χ0v) is 16.5. The lowest BCUT2D eigenvalue weighted by Gasteiger charge is -2.12. The number of hydrogen-bond acceptors (Lipinski definition) is 4. The molecular weight excluding hydrogens is 362 g/mol. The van der Waals surface area contributed by atoms with E-state index in [0.717, 1.165) is 39.7 Å².